The van der Waals surface area contributed by atoms with Crippen molar-refractivity contribution in [2.45, 2.75) is 11.8 Å². The maximum atomic E-state index is 11.6. The molecule has 0 fully saturated rings. The van der Waals surface area contributed by atoms with Crippen LogP contribution in [0, 0.1) is 0 Å². The summed E-state index contributed by atoms with van der Waals surface area (Å²) in [5.41, 5.74) is 1.37. The molecule has 0 aliphatic carbocycles. The van der Waals surface area contributed by atoms with Gasteiger partial charge in [0.1, 0.15) is 0 Å². The van der Waals surface area contributed by atoms with Crippen LogP contribution in [0.5, 0.6) is 0 Å². The summed E-state index contributed by atoms with van der Waals surface area (Å²) in [4.78, 5) is 0.403. The van der Waals surface area contributed by atoms with E-state index in [-0.39, 0.29) is 0 Å². The number of benzene rings is 1. The predicted molar refractivity (Wildman–Crippen MR) is 51.6 cm³/mol. The molecule has 1 aromatic rings. The van der Waals surface area contributed by atoms with Crippen molar-refractivity contribution in [2.24, 2.45) is 4.36 Å². The van der Waals surface area contributed by atoms with E-state index in [1.807, 2.05) is 12.1 Å². The van der Waals surface area contributed by atoms with E-state index >= 15 is 0 Å². The smallest absolute Gasteiger partial charge is 0.196 e. The molecule has 1 heterocycles. The molecule has 1 unspecified atom stereocenters. The Morgan fingerprint density at radius 2 is 2.08 bits per heavy atom. The first-order valence-electron chi connectivity index (χ1n) is 3.86. The van der Waals surface area contributed by atoms with Crippen LogP contribution in [0.1, 0.15) is 12.5 Å². The van der Waals surface area contributed by atoms with E-state index in [0.29, 0.717) is 10.6 Å². The van der Waals surface area contributed by atoms with Gasteiger partial charge < -0.3 is 0 Å². The lowest BCUT2D eigenvalue weighted by molar-refractivity contribution is 0.550. The standard InChI is InChI=1S/C9H9NO2S/c1-7-6-8-4-2-3-5-9(8)13(11,12)10-7/h2-6H,1H3,(H,10,11,12). The van der Waals surface area contributed by atoms with Gasteiger partial charge in [0.2, 0.25) is 0 Å². The minimum atomic E-state index is -3.18. The monoisotopic (exact) mass is 195 g/mol. The van der Waals surface area contributed by atoms with Crippen molar-refractivity contribution >= 4 is 16.1 Å². The van der Waals surface area contributed by atoms with Gasteiger partial charge in [0, 0.05) is 0 Å². The lowest BCUT2D eigenvalue weighted by Gasteiger charge is -2.11. The van der Waals surface area contributed by atoms with Gasteiger partial charge >= 0.3 is 0 Å². The molecule has 1 aliphatic rings. The van der Waals surface area contributed by atoms with Crippen LogP contribution in [0.3, 0.4) is 0 Å². The summed E-state index contributed by atoms with van der Waals surface area (Å²) < 4.78 is 24.8. The van der Waals surface area contributed by atoms with Crippen molar-refractivity contribution in [2.75, 3.05) is 0 Å². The van der Waals surface area contributed by atoms with E-state index in [1.54, 1.807) is 25.1 Å². The highest BCUT2D eigenvalue weighted by molar-refractivity contribution is 7.88. The highest BCUT2D eigenvalue weighted by Crippen LogP contribution is 2.25. The SMILES string of the molecule is CC1=Cc2ccccc2S(=O)(O)=N1. The third kappa shape index (κ3) is 1.38. The fourth-order valence-electron chi connectivity index (χ4n) is 1.34. The number of nitrogens with zero attached hydrogens (tertiary/aromatic N) is 1. The summed E-state index contributed by atoms with van der Waals surface area (Å²) in [5, 5.41) is 0. The minimum absolute atomic E-state index is 0.403. The summed E-state index contributed by atoms with van der Waals surface area (Å²) in [6.45, 7) is 1.71. The van der Waals surface area contributed by atoms with E-state index in [0.717, 1.165) is 5.56 Å². The molecule has 0 radical (unpaired) electrons. The number of rotatable bonds is 0. The molecule has 0 saturated carbocycles. The van der Waals surface area contributed by atoms with Crippen molar-refractivity contribution < 1.29 is 8.76 Å². The molecule has 1 atom stereocenters. The van der Waals surface area contributed by atoms with Crippen LogP contribution in [-0.2, 0) is 10.0 Å². The van der Waals surface area contributed by atoms with Crippen LogP contribution in [0.15, 0.2) is 39.2 Å². The molecular formula is C9H9NO2S. The summed E-state index contributed by atoms with van der Waals surface area (Å²) in [7, 11) is -3.18. The number of hydrogen-bond acceptors (Lipinski definition) is 2. The van der Waals surface area contributed by atoms with Crippen LogP contribution < -0.4 is 0 Å². The molecule has 1 N–H and O–H groups in total. The van der Waals surface area contributed by atoms with Gasteiger partial charge in [-0.2, -0.15) is 4.36 Å². The second-order valence-electron chi connectivity index (χ2n) is 2.91. The van der Waals surface area contributed by atoms with Crippen molar-refractivity contribution in [3.63, 3.8) is 0 Å². The van der Waals surface area contributed by atoms with Crippen LogP contribution in [0.4, 0.5) is 0 Å². The lowest BCUT2D eigenvalue weighted by atomic mass is 10.2. The Kier molecular flexibility index (Phi) is 1.75. The van der Waals surface area contributed by atoms with E-state index in [1.165, 1.54) is 0 Å². The molecule has 13 heavy (non-hydrogen) atoms. The lowest BCUT2D eigenvalue weighted by Crippen LogP contribution is -2.04. The van der Waals surface area contributed by atoms with Gasteiger partial charge in [-0.3, -0.25) is 4.55 Å². The average molecular weight is 195 g/mol. The minimum Gasteiger partial charge on any atom is -0.296 e. The molecule has 0 saturated heterocycles. The van der Waals surface area contributed by atoms with Crippen molar-refractivity contribution in [1.29, 1.82) is 0 Å². The zero-order valence-corrected chi connectivity index (χ0v) is 7.91. The zero-order valence-electron chi connectivity index (χ0n) is 7.10. The Morgan fingerprint density at radius 3 is 2.85 bits per heavy atom. The van der Waals surface area contributed by atoms with Crippen LogP contribution >= 0.6 is 0 Å². The molecule has 0 amide bonds. The Morgan fingerprint density at radius 1 is 1.38 bits per heavy atom. The maximum absolute atomic E-state index is 11.6. The van der Waals surface area contributed by atoms with Crippen LogP contribution in [0.2, 0.25) is 0 Å². The maximum Gasteiger partial charge on any atom is 0.196 e. The van der Waals surface area contributed by atoms with Crippen molar-refractivity contribution in [3.8, 4) is 0 Å². The summed E-state index contributed by atoms with van der Waals surface area (Å²) in [5.74, 6) is 0. The van der Waals surface area contributed by atoms with E-state index in [9.17, 15) is 8.76 Å². The second-order valence-corrected chi connectivity index (χ2v) is 4.53. The number of hydrogen-bond donors (Lipinski definition) is 1. The highest BCUT2D eigenvalue weighted by atomic mass is 32.2. The molecule has 2 rings (SSSR count). The predicted octanol–water partition coefficient (Wildman–Crippen LogP) is 2.36. The summed E-state index contributed by atoms with van der Waals surface area (Å²) in [6, 6.07) is 7.01. The van der Waals surface area contributed by atoms with Gasteiger partial charge in [0.25, 0.3) is 0 Å². The first-order valence-corrected chi connectivity index (χ1v) is 5.34. The normalized spacial score (nSPS) is 25.8. The Hall–Kier alpha value is -1.13. The second kappa shape index (κ2) is 2.68. The number of fused-ring (bicyclic) bond motifs is 1. The molecule has 0 spiro atoms. The fraction of sp³-hybridized carbons (Fsp3) is 0.111. The molecule has 0 aromatic heterocycles. The van der Waals surface area contributed by atoms with E-state index in [4.69, 9.17) is 0 Å². The largest absolute Gasteiger partial charge is 0.296 e. The fourth-order valence-corrected chi connectivity index (χ4v) is 2.57. The first kappa shape index (κ1) is 8.47. The van der Waals surface area contributed by atoms with Gasteiger partial charge in [-0.15, -0.1) is 0 Å². The van der Waals surface area contributed by atoms with E-state index < -0.39 is 10.0 Å². The van der Waals surface area contributed by atoms with Gasteiger partial charge in [-0.25, -0.2) is 4.21 Å². The molecule has 1 aliphatic heterocycles. The van der Waals surface area contributed by atoms with Gasteiger partial charge in [-0.05, 0) is 24.6 Å². The molecular weight excluding hydrogens is 186 g/mol. The van der Waals surface area contributed by atoms with E-state index in [2.05, 4.69) is 4.36 Å². The van der Waals surface area contributed by atoms with Crippen LogP contribution in [-0.4, -0.2) is 8.76 Å². The topological polar surface area (TPSA) is 49.7 Å². The van der Waals surface area contributed by atoms with Crippen molar-refractivity contribution in [3.05, 3.63) is 35.5 Å². The molecule has 68 valence electrons. The zero-order chi connectivity index (χ0) is 9.47. The summed E-state index contributed by atoms with van der Waals surface area (Å²) in [6.07, 6.45) is 1.80. The molecule has 1 aromatic carbocycles. The molecule has 0 bridgehead atoms. The summed E-state index contributed by atoms with van der Waals surface area (Å²) >= 11 is 0. The quantitative estimate of drug-likeness (QED) is 0.690. The van der Waals surface area contributed by atoms with Gasteiger partial charge in [0.05, 0.1) is 10.6 Å². The van der Waals surface area contributed by atoms with Crippen LogP contribution in [0.25, 0.3) is 6.08 Å². The molecule has 4 heteroatoms. The molecule has 3 nitrogen and oxygen atoms in total. The average Bonchev–Trinajstić information content (AvgIpc) is 2.02. The van der Waals surface area contributed by atoms with Gasteiger partial charge in [-0.1, -0.05) is 18.2 Å². The Balaban J connectivity index is 2.83. The first-order chi connectivity index (χ1) is 6.09. The Labute approximate surface area is 77.1 Å². The third-order valence-corrected chi connectivity index (χ3v) is 3.32. The Bertz CT molecular complexity index is 496. The highest BCUT2D eigenvalue weighted by Gasteiger charge is 2.16. The van der Waals surface area contributed by atoms with Crippen molar-refractivity contribution in [1.82, 2.24) is 0 Å². The third-order valence-electron chi connectivity index (χ3n) is 1.84. The van der Waals surface area contributed by atoms with Gasteiger partial charge in [0.15, 0.2) is 10.0 Å². The number of allylic oxidation sites excluding steroid dienone is 1.